The van der Waals surface area contributed by atoms with Crippen molar-refractivity contribution in [2.24, 2.45) is 0 Å². The average molecular weight is 384 g/mol. The highest BCUT2D eigenvalue weighted by atomic mass is 32.1. The lowest BCUT2D eigenvalue weighted by atomic mass is 10.3. The number of oxazole rings is 1. The van der Waals surface area contributed by atoms with E-state index >= 15 is 0 Å². The Kier molecular flexibility index (Phi) is 5.17. The van der Waals surface area contributed by atoms with E-state index in [1.807, 2.05) is 24.4 Å². The number of aromatic nitrogens is 3. The maximum atomic E-state index is 5.85. The molecule has 0 fully saturated rings. The molecule has 7 nitrogen and oxygen atoms in total. The van der Waals surface area contributed by atoms with E-state index in [0.717, 1.165) is 29.3 Å². The molecule has 4 rings (SSSR count). The topological polar surface area (TPSA) is 81.3 Å². The molecule has 27 heavy (non-hydrogen) atoms. The van der Waals surface area contributed by atoms with E-state index in [2.05, 4.69) is 27.0 Å². The second-order valence-electron chi connectivity index (χ2n) is 6.19. The summed E-state index contributed by atoms with van der Waals surface area (Å²) in [5.41, 5.74) is 0.928. The second-order valence-corrected chi connectivity index (χ2v) is 7.14. The molecular weight excluding hydrogens is 364 g/mol. The van der Waals surface area contributed by atoms with Gasteiger partial charge in [0.05, 0.1) is 23.4 Å². The third-order valence-electron chi connectivity index (χ3n) is 4.10. The SMILES string of the molecule is CCCN(Cc1nnc(-c2ccco2)o1)Cc1nc(-c2cccs2)oc1C. The Balaban J connectivity index is 1.48. The standard InChI is InChI=1S/C19H20N4O3S/c1-3-8-23(12-17-21-22-18(26-17)15-6-4-9-24-15)11-14-13(2)25-19(20-14)16-7-5-10-27-16/h4-7,9-10H,3,8,11-12H2,1-2H3. The van der Waals surface area contributed by atoms with E-state index in [-0.39, 0.29) is 0 Å². The van der Waals surface area contributed by atoms with Crippen molar-refractivity contribution in [1.82, 2.24) is 20.1 Å². The number of rotatable bonds is 8. The molecule has 0 N–H and O–H groups in total. The Morgan fingerprint density at radius 3 is 2.74 bits per heavy atom. The Bertz CT molecular complexity index is 973. The summed E-state index contributed by atoms with van der Waals surface area (Å²) in [4.78, 5) is 7.94. The van der Waals surface area contributed by atoms with Crippen LogP contribution in [0.2, 0.25) is 0 Å². The van der Waals surface area contributed by atoms with Gasteiger partial charge in [0.25, 0.3) is 5.89 Å². The average Bonchev–Trinajstić information content (AvgIpc) is 3.44. The van der Waals surface area contributed by atoms with Crippen molar-refractivity contribution in [1.29, 1.82) is 0 Å². The van der Waals surface area contributed by atoms with Crippen molar-refractivity contribution in [2.75, 3.05) is 6.54 Å². The van der Waals surface area contributed by atoms with Crippen molar-refractivity contribution < 1.29 is 13.3 Å². The minimum absolute atomic E-state index is 0.393. The monoisotopic (exact) mass is 384 g/mol. The summed E-state index contributed by atoms with van der Waals surface area (Å²) in [5.74, 6) is 3.02. The van der Waals surface area contributed by atoms with Gasteiger partial charge in [0, 0.05) is 6.54 Å². The van der Waals surface area contributed by atoms with Gasteiger partial charge >= 0.3 is 0 Å². The van der Waals surface area contributed by atoms with Crippen LogP contribution in [0, 0.1) is 6.92 Å². The fraction of sp³-hybridized carbons (Fsp3) is 0.316. The van der Waals surface area contributed by atoms with Gasteiger partial charge in [-0.2, -0.15) is 0 Å². The summed E-state index contributed by atoms with van der Waals surface area (Å²) in [6.07, 6.45) is 2.59. The Hall–Kier alpha value is -2.71. The summed E-state index contributed by atoms with van der Waals surface area (Å²) in [6, 6.07) is 7.60. The van der Waals surface area contributed by atoms with Gasteiger partial charge in [-0.15, -0.1) is 21.5 Å². The lowest BCUT2D eigenvalue weighted by Crippen LogP contribution is -2.24. The molecule has 0 bridgehead atoms. The zero-order chi connectivity index (χ0) is 18.6. The lowest BCUT2D eigenvalue weighted by Gasteiger charge is -2.18. The normalized spacial score (nSPS) is 11.5. The molecule has 0 aliphatic carbocycles. The Morgan fingerprint density at radius 2 is 2.00 bits per heavy atom. The van der Waals surface area contributed by atoms with Gasteiger partial charge in [-0.25, -0.2) is 4.98 Å². The van der Waals surface area contributed by atoms with Crippen LogP contribution in [0.5, 0.6) is 0 Å². The molecule has 140 valence electrons. The Labute approximate surface area is 160 Å². The second kappa shape index (κ2) is 7.89. The zero-order valence-corrected chi connectivity index (χ0v) is 16.0. The highest BCUT2D eigenvalue weighted by Gasteiger charge is 2.18. The number of hydrogen-bond donors (Lipinski definition) is 0. The fourth-order valence-electron chi connectivity index (χ4n) is 2.83. The molecule has 4 heterocycles. The molecule has 0 saturated carbocycles. The summed E-state index contributed by atoms with van der Waals surface area (Å²) in [6.45, 7) is 6.18. The third-order valence-corrected chi connectivity index (χ3v) is 4.95. The summed E-state index contributed by atoms with van der Waals surface area (Å²) >= 11 is 1.62. The van der Waals surface area contributed by atoms with Crippen molar-refractivity contribution in [3.8, 4) is 22.4 Å². The molecule has 0 unspecified atom stereocenters. The van der Waals surface area contributed by atoms with Crippen LogP contribution < -0.4 is 0 Å². The first-order valence-electron chi connectivity index (χ1n) is 8.81. The molecule has 0 radical (unpaired) electrons. The van der Waals surface area contributed by atoms with Crippen LogP contribution in [0.3, 0.4) is 0 Å². The summed E-state index contributed by atoms with van der Waals surface area (Å²) < 4.78 is 16.9. The van der Waals surface area contributed by atoms with Crippen LogP contribution >= 0.6 is 11.3 Å². The summed E-state index contributed by atoms with van der Waals surface area (Å²) in [5, 5.41) is 10.2. The maximum absolute atomic E-state index is 5.85. The molecule has 0 amide bonds. The van der Waals surface area contributed by atoms with Crippen LogP contribution in [0.4, 0.5) is 0 Å². The highest BCUT2D eigenvalue weighted by Crippen LogP contribution is 2.27. The number of thiophene rings is 1. The number of hydrogen-bond acceptors (Lipinski definition) is 8. The minimum atomic E-state index is 0.393. The molecule has 8 heteroatoms. The molecule has 0 atom stereocenters. The van der Waals surface area contributed by atoms with Crippen molar-refractivity contribution in [3.63, 3.8) is 0 Å². The molecule has 0 spiro atoms. The number of aryl methyl sites for hydroxylation is 1. The largest absolute Gasteiger partial charge is 0.459 e. The van der Waals surface area contributed by atoms with Gasteiger partial charge in [-0.3, -0.25) is 4.90 Å². The van der Waals surface area contributed by atoms with Crippen LogP contribution in [0.25, 0.3) is 22.4 Å². The van der Waals surface area contributed by atoms with E-state index in [1.54, 1.807) is 29.7 Å². The Morgan fingerprint density at radius 1 is 1.07 bits per heavy atom. The fourth-order valence-corrected chi connectivity index (χ4v) is 3.48. The first-order chi connectivity index (χ1) is 13.2. The minimum Gasteiger partial charge on any atom is -0.459 e. The van der Waals surface area contributed by atoms with Crippen LogP contribution in [-0.2, 0) is 13.1 Å². The molecular formula is C19H20N4O3S. The first kappa shape index (κ1) is 17.7. The number of nitrogens with zero attached hydrogens (tertiary/aromatic N) is 4. The van der Waals surface area contributed by atoms with Crippen LogP contribution in [0.15, 0.2) is 49.2 Å². The maximum Gasteiger partial charge on any atom is 0.283 e. The lowest BCUT2D eigenvalue weighted by molar-refractivity contribution is 0.228. The van der Waals surface area contributed by atoms with E-state index < -0.39 is 0 Å². The van der Waals surface area contributed by atoms with E-state index in [1.165, 1.54) is 0 Å². The van der Waals surface area contributed by atoms with E-state index in [0.29, 0.717) is 36.5 Å². The predicted molar refractivity (Wildman–Crippen MR) is 101 cm³/mol. The molecule has 0 aromatic carbocycles. The highest BCUT2D eigenvalue weighted by molar-refractivity contribution is 7.13. The van der Waals surface area contributed by atoms with Crippen molar-refractivity contribution in [3.05, 3.63) is 53.3 Å². The summed E-state index contributed by atoms with van der Waals surface area (Å²) in [7, 11) is 0. The van der Waals surface area contributed by atoms with Crippen LogP contribution in [-0.4, -0.2) is 26.6 Å². The molecule has 0 aliphatic rings. The van der Waals surface area contributed by atoms with E-state index in [4.69, 9.17) is 13.3 Å². The molecule has 4 aromatic rings. The quantitative estimate of drug-likeness (QED) is 0.433. The van der Waals surface area contributed by atoms with Gasteiger partial charge in [-0.1, -0.05) is 13.0 Å². The van der Waals surface area contributed by atoms with Crippen molar-refractivity contribution in [2.45, 2.75) is 33.4 Å². The smallest absolute Gasteiger partial charge is 0.283 e. The van der Waals surface area contributed by atoms with Gasteiger partial charge < -0.3 is 13.3 Å². The van der Waals surface area contributed by atoms with Gasteiger partial charge in [-0.05, 0) is 43.5 Å². The zero-order valence-electron chi connectivity index (χ0n) is 15.2. The van der Waals surface area contributed by atoms with Gasteiger partial charge in [0.2, 0.25) is 11.8 Å². The molecule has 0 saturated heterocycles. The van der Waals surface area contributed by atoms with Gasteiger partial charge in [0.15, 0.2) is 5.76 Å². The molecule has 4 aromatic heterocycles. The van der Waals surface area contributed by atoms with Crippen molar-refractivity contribution >= 4 is 11.3 Å². The third kappa shape index (κ3) is 4.01. The first-order valence-corrected chi connectivity index (χ1v) is 9.69. The van der Waals surface area contributed by atoms with E-state index in [9.17, 15) is 0 Å². The van der Waals surface area contributed by atoms with Gasteiger partial charge in [0.1, 0.15) is 5.76 Å². The number of furan rings is 1. The van der Waals surface area contributed by atoms with Crippen LogP contribution in [0.1, 0.15) is 30.7 Å². The molecule has 0 aliphatic heterocycles. The predicted octanol–water partition coefficient (Wildman–Crippen LogP) is 4.77.